The first-order chi connectivity index (χ1) is 13.8. The minimum absolute atomic E-state index is 0.0768. The van der Waals surface area contributed by atoms with Crippen molar-refractivity contribution in [2.24, 2.45) is 0 Å². The number of fused-ring (bicyclic) bond motifs is 1. The molecule has 4 rings (SSSR count). The summed E-state index contributed by atoms with van der Waals surface area (Å²) in [6.45, 7) is 0.492. The molecule has 0 atom stereocenters. The molecule has 5 heteroatoms. The van der Waals surface area contributed by atoms with E-state index in [9.17, 15) is 9.83 Å². The Balaban J connectivity index is 1.69. The predicted molar refractivity (Wildman–Crippen MR) is 107 cm³/mol. The first-order valence-electron chi connectivity index (χ1n) is 8.78. The van der Waals surface area contributed by atoms with Crippen LogP contribution < -0.4 is 9.13 Å². The minimum Gasteiger partial charge on any atom is -0.0616 e. The van der Waals surface area contributed by atoms with Crippen LogP contribution in [0, 0.1) is 17.0 Å². The molecule has 2 aromatic heterocycles. The van der Waals surface area contributed by atoms with Gasteiger partial charge in [0.15, 0.2) is 0 Å². The Kier molecular flexibility index (Phi) is 5.13. The standard InChI is InChI=1S/C23H16N3OP/c24-17-20-5-6-23(22-4-2-1-3-21(20)22)26-13-9-19(10-14-26)18-7-11-25(12-8-18)15-16-28-27/h1-14H,15H2/q+2. The molecule has 0 N–H and O–H groups in total. The van der Waals surface area contributed by atoms with E-state index in [1.807, 2.05) is 77.9 Å². The molecule has 2 aromatic carbocycles. The SMILES string of the molecule is N#Cc1ccc(-[n+]2ccc(-c3cc[n+](CC#P=O)cc3)cc2)c2ccccc12. The van der Waals surface area contributed by atoms with Gasteiger partial charge in [0.2, 0.25) is 0 Å². The monoisotopic (exact) mass is 381 g/mol. The number of hydrogen-bond acceptors (Lipinski definition) is 2. The molecule has 4 aromatic rings. The van der Waals surface area contributed by atoms with Gasteiger partial charge < -0.3 is 0 Å². The molecular weight excluding hydrogens is 365 g/mol. The molecule has 0 saturated heterocycles. The predicted octanol–water partition coefficient (Wildman–Crippen LogP) is 4.19. The van der Waals surface area contributed by atoms with Crippen LogP contribution in [0.4, 0.5) is 0 Å². The van der Waals surface area contributed by atoms with E-state index >= 15 is 0 Å². The van der Waals surface area contributed by atoms with E-state index in [0.717, 1.165) is 27.6 Å². The summed E-state index contributed by atoms with van der Waals surface area (Å²) in [5, 5.41) is 11.4. The van der Waals surface area contributed by atoms with Crippen molar-refractivity contribution in [3.05, 3.63) is 91.0 Å². The van der Waals surface area contributed by atoms with Gasteiger partial charge in [-0.05, 0) is 12.1 Å². The van der Waals surface area contributed by atoms with Gasteiger partial charge in [0.1, 0.15) is 0 Å². The molecule has 0 amide bonds. The molecule has 0 aliphatic carbocycles. The molecule has 0 spiro atoms. The Morgan fingerprint density at radius 2 is 1.46 bits per heavy atom. The summed E-state index contributed by atoms with van der Waals surface area (Å²) < 4.78 is 14.5. The topological polar surface area (TPSA) is 48.6 Å². The number of hydrogen-bond donors (Lipinski definition) is 0. The second-order valence-corrected chi connectivity index (χ2v) is 6.79. The average Bonchev–Trinajstić information content (AvgIpc) is 2.77. The van der Waals surface area contributed by atoms with Crippen LogP contribution >= 0.6 is 7.92 Å². The fourth-order valence-electron chi connectivity index (χ4n) is 3.25. The number of pyridine rings is 2. The van der Waals surface area contributed by atoms with Crippen molar-refractivity contribution >= 4 is 18.7 Å². The van der Waals surface area contributed by atoms with Gasteiger partial charge in [0.05, 0.1) is 11.6 Å². The van der Waals surface area contributed by atoms with Gasteiger partial charge in [-0.3, -0.25) is 0 Å². The van der Waals surface area contributed by atoms with Gasteiger partial charge >= 0.3 is 111 Å². The zero-order chi connectivity index (χ0) is 19.3. The van der Waals surface area contributed by atoms with Crippen LogP contribution in [0.15, 0.2) is 85.5 Å². The van der Waals surface area contributed by atoms with Crippen LogP contribution in [0.25, 0.3) is 27.6 Å². The Hall–Kier alpha value is -3.50. The fourth-order valence-corrected chi connectivity index (χ4v) is 3.47. The molecule has 0 saturated carbocycles. The smallest absolute Gasteiger partial charge is 0.0616 e. The third-order valence-corrected chi connectivity index (χ3v) is 4.94. The fraction of sp³-hybridized carbons (Fsp3) is 0.0435. The summed E-state index contributed by atoms with van der Waals surface area (Å²) in [4.78, 5) is 0. The summed E-state index contributed by atoms with van der Waals surface area (Å²) in [7, 11) is -0.0768. The molecule has 0 aliphatic rings. The molecule has 0 radical (unpaired) electrons. The maximum absolute atomic E-state index is 10.5. The molecule has 28 heavy (non-hydrogen) atoms. The van der Waals surface area contributed by atoms with Gasteiger partial charge in [-0.1, -0.05) is 18.2 Å². The van der Waals surface area contributed by atoms with Gasteiger partial charge in [-0.2, -0.15) is 5.26 Å². The molecular formula is C23H16N3OP+2. The van der Waals surface area contributed by atoms with Crippen LogP contribution in [0.1, 0.15) is 5.56 Å². The summed E-state index contributed by atoms with van der Waals surface area (Å²) in [6.07, 6.45) is 7.95. The number of rotatable bonds is 3. The van der Waals surface area contributed by atoms with Crippen molar-refractivity contribution < 1.29 is 13.7 Å². The van der Waals surface area contributed by atoms with Crippen molar-refractivity contribution in [2.75, 3.05) is 0 Å². The zero-order valence-corrected chi connectivity index (χ0v) is 15.9. The Bertz CT molecular complexity index is 1300. The van der Waals surface area contributed by atoms with Crippen molar-refractivity contribution in [3.8, 4) is 28.5 Å². The van der Waals surface area contributed by atoms with Crippen LogP contribution in [0.2, 0.25) is 0 Å². The van der Waals surface area contributed by atoms with Crippen molar-refractivity contribution in [1.82, 2.24) is 0 Å². The summed E-state index contributed by atoms with van der Waals surface area (Å²) in [5.41, 5.74) is 6.66. The van der Waals surface area contributed by atoms with Gasteiger partial charge in [0, 0.05) is 5.39 Å². The average molecular weight is 381 g/mol. The molecule has 132 valence electrons. The first kappa shape index (κ1) is 17.9. The van der Waals surface area contributed by atoms with E-state index in [1.165, 1.54) is 0 Å². The van der Waals surface area contributed by atoms with Crippen molar-refractivity contribution in [3.63, 3.8) is 0 Å². The number of nitrogens with zero attached hydrogens (tertiary/aromatic N) is 3. The molecule has 0 unspecified atom stereocenters. The summed E-state index contributed by atoms with van der Waals surface area (Å²) in [6, 6.07) is 22.3. The minimum atomic E-state index is -0.0768. The summed E-state index contributed by atoms with van der Waals surface area (Å²) >= 11 is 0. The molecule has 0 bridgehead atoms. The first-order valence-corrected chi connectivity index (χ1v) is 9.59. The van der Waals surface area contributed by atoms with E-state index < -0.39 is 0 Å². The van der Waals surface area contributed by atoms with Crippen LogP contribution in [-0.4, -0.2) is 0 Å². The number of nitriles is 1. The Morgan fingerprint density at radius 3 is 2.11 bits per heavy atom. The van der Waals surface area contributed by atoms with Gasteiger partial charge in [-0.25, -0.2) is 0 Å². The van der Waals surface area contributed by atoms with Crippen LogP contribution in [0.3, 0.4) is 0 Å². The second-order valence-electron chi connectivity index (χ2n) is 6.29. The number of aromatic nitrogens is 2. The van der Waals surface area contributed by atoms with E-state index in [2.05, 4.69) is 28.4 Å². The van der Waals surface area contributed by atoms with Gasteiger partial charge in [-0.15, -0.1) is 0 Å². The molecule has 4 nitrogen and oxygen atoms in total. The van der Waals surface area contributed by atoms with Crippen molar-refractivity contribution in [2.45, 2.75) is 6.54 Å². The normalized spacial score (nSPS) is 10.2. The number of benzene rings is 2. The van der Waals surface area contributed by atoms with E-state index in [0.29, 0.717) is 12.1 Å². The zero-order valence-electron chi connectivity index (χ0n) is 15.0. The quantitative estimate of drug-likeness (QED) is 0.395. The van der Waals surface area contributed by atoms with Crippen LogP contribution in [-0.2, 0) is 11.1 Å². The summed E-state index contributed by atoms with van der Waals surface area (Å²) in [5.74, 6) is 0. The molecule has 0 fully saturated rings. The molecule has 0 aliphatic heterocycles. The molecule has 2 heterocycles. The van der Waals surface area contributed by atoms with E-state index in [4.69, 9.17) is 0 Å². The maximum atomic E-state index is 10.5. The van der Waals surface area contributed by atoms with E-state index in [-0.39, 0.29) is 7.92 Å². The third-order valence-electron chi connectivity index (χ3n) is 4.67. The van der Waals surface area contributed by atoms with Crippen LogP contribution in [0.5, 0.6) is 0 Å². The Labute approximate surface area is 164 Å². The van der Waals surface area contributed by atoms with Gasteiger partial charge in [0.25, 0.3) is 0 Å². The van der Waals surface area contributed by atoms with E-state index in [1.54, 1.807) is 0 Å². The van der Waals surface area contributed by atoms with Crippen molar-refractivity contribution in [1.29, 1.82) is 5.26 Å². The second kappa shape index (κ2) is 8.03. The Morgan fingerprint density at radius 1 is 0.821 bits per heavy atom. The third kappa shape index (κ3) is 3.50.